The number of hydrogen-bond acceptors (Lipinski definition) is 3. The van der Waals surface area contributed by atoms with Gasteiger partial charge in [0.2, 0.25) is 0 Å². The Bertz CT molecular complexity index is 471. The van der Waals surface area contributed by atoms with Gasteiger partial charge in [0.1, 0.15) is 11.4 Å². The Morgan fingerprint density at radius 3 is 2.67 bits per heavy atom. The Kier molecular flexibility index (Phi) is 3.09. The summed E-state index contributed by atoms with van der Waals surface area (Å²) in [7, 11) is 2.02. The summed E-state index contributed by atoms with van der Waals surface area (Å²) in [4.78, 5) is 18.2. The molecule has 18 heavy (non-hydrogen) atoms. The Balaban J connectivity index is 2.10. The predicted molar refractivity (Wildman–Crippen MR) is 68.3 cm³/mol. The first kappa shape index (κ1) is 12.9. The topological polar surface area (TPSA) is 47.4 Å². The third-order valence-electron chi connectivity index (χ3n) is 3.13. The van der Waals surface area contributed by atoms with Gasteiger partial charge >= 0.3 is 6.09 Å². The SMILES string of the molecule is Cc1nc2c(n1C)CCN(C(=O)OC(C)(C)C)C2. The van der Waals surface area contributed by atoms with E-state index in [0.717, 1.165) is 17.9 Å². The number of carbonyl (C=O) groups is 1. The molecule has 0 spiro atoms. The summed E-state index contributed by atoms with van der Waals surface area (Å²) in [5, 5.41) is 0. The van der Waals surface area contributed by atoms with Gasteiger partial charge in [-0.25, -0.2) is 9.78 Å². The van der Waals surface area contributed by atoms with Gasteiger partial charge in [-0.05, 0) is 27.7 Å². The fourth-order valence-corrected chi connectivity index (χ4v) is 2.15. The molecule has 1 aliphatic rings. The van der Waals surface area contributed by atoms with Crippen LogP contribution in [0.25, 0.3) is 0 Å². The zero-order chi connectivity index (χ0) is 13.5. The Hall–Kier alpha value is -1.52. The molecule has 2 rings (SSSR count). The minimum atomic E-state index is -0.447. The summed E-state index contributed by atoms with van der Waals surface area (Å²) in [5.41, 5.74) is 1.77. The maximum absolute atomic E-state index is 12.0. The van der Waals surface area contributed by atoms with Crippen molar-refractivity contribution in [2.75, 3.05) is 6.54 Å². The molecule has 0 atom stereocenters. The highest BCUT2D eigenvalue weighted by Gasteiger charge is 2.28. The second-order valence-corrected chi connectivity index (χ2v) is 5.76. The lowest BCUT2D eigenvalue weighted by Crippen LogP contribution is -2.40. The zero-order valence-electron chi connectivity index (χ0n) is 11.8. The molecule has 5 nitrogen and oxygen atoms in total. The van der Waals surface area contributed by atoms with Crippen LogP contribution < -0.4 is 0 Å². The smallest absolute Gasteiger partial charge is 0.410 e. The summed E-state index contributed by atoms with van der Waals surface area (Å²) >= 11 is 0. The van der Waals surface area contributed by atoms with Crippen LogP contribution in [-0.4, -0.2) is 32.7 Å². The quantitative estimate of drug-likeness (QED) is 0.708. The molecule has 0 N–H and O–H groups in total. The van der Waals surface area contributed by atoms with Gasteiger partial charge in [0, 0.05) is 25.7 Å². The number of aromatic nitrogens is 2. The minimum absolute atomic E-state index is 0.253. The molecule has 0 unspecified atom stereocenters. The van der Waals surface area contributed by atoms with Crippen LogP contribution in [0, 0.1) is 6.92 Å². The van der Waals surface area contributed by atoms with Crippen LogP contribution in [0.15, 0.2) is 0 Å². The van der Waals surface area contributed by atoms with E-state index in [4.69, 9.17) is 4.74 Å². The molecule has 1 aromatic rings. The molecular weight excluding hydrogens is 230 g/mol. The van der Waals surface area contributed by atoms with E-state index in [9.17, 15) is 4.79 Å². The van der Waals surface area contributed by atoms with Crippen molar-refractivity contribution >= 4 is 6.09 Å². The van der Waals surface area contributed by atoms with E-state index in [-0.39, 0.29) is 6.09 Å². The Labute approximate surface area is 108 Å². The standard InChI is InChI=1S/C13H21N3O2/c1-9-14-10-8-16(7-6-11(10)15(9)5)12(17)18-13(2,3)4/h6-8H2,1-5H3. The van der Waals surface area contributed by atoms with Crippen LogP contribution in [0.3, 0.4) is 0 Å². The lowest BCUT2D eigenvalue weighted by Gasteiger charge is -2.29. The number of nitrogens with zero attached hydrogens (tertiary/aromatic N) is 3. The average molecular weight is 251 g/mol. The molecule has 0 bridgehead atoms. The van der Waals surface area contributed by atoms with Crippen LogP contribution in [0.1, 0.15) is 38.0 Å². The number of hydrogen-bond donors (Lipinski definition) is 0. The monoisotopic (exact) mass is 251 g/mol. The number of rotatable bonds is 0. The molecule has 0 radical (unpaired) electrons. The van der Waals surface area contributed by atoms with Gasteiger partial charge in [-0.1, -0.05) is 0 Å². The first-order valence-corrected chi connectivity index (χ1v) is 6.27. The molecule has 1 amide bonds. The predicted octanol–water partition coefficient (Wildman–Crippen LogP) is 2.02. The highest BCUT2D eigenvalue weighted by molar-refractivity contribution is 5.68. The van der Waals surface area contributed by atoms with E-state index in [1.807, 2.05) is 34.7 Å². The van der Waals surface area contributed by atoms with E-state index >= 15 is 0 Å². The van der Waals surface area contributed by atoms with Crippen molar-refractivity contribution in [3.05, 3.63) is 17.2 Å². The molecule has 100 valence electrons. The van der Waals surface area contributed by atoms with E-state index in [1.54, 1.807) is 4.90 Å². The molecule has 0 aliphatic carbocycles. The highest BCUT2D eigenvalue weighted by atomic mass is 16.6. The van der Waals surface area contributed by atoms with Crippen molar-refractivity contribution in [2.24, 2.45) is 7.05 Å². The molecule has 0 saturated heterocycles. The van der Waals surface area contributed by atoms with Gasteiger partial charge in [0.15, 0.2) is 0 Å². The van der Waals surface area contributed by atoms with Crippen LogP contribution in [0.2, 0.25) is 0 Å². The zero-order valence-corrected chi connectivity index (χ0v) is 11.8. The van der Waals surface area contributed by atoms with Crippen molar-refractivity contribution in [1.82, 2.24) is 14.5 Å². The molecule has 0 aromatic carbocycles. The van der Waals surface area contributed by atoms with Crippen molar-refractivity contribution in [1.29, 1.82) is 0 Å². The number of carbonyl (C=O) groups excluding carboxylic acids is 1. The maximum Gasteiger partial charge on any atom is 0.410 e. The fourth-order valence-electron chi connectivity index (χ4n) is 2.15. The van der Waals surface area contributed by atoms with Crippen LogP contribution >= 0.6 is 0 Å². The number of amides is 1. The molecular formula is C13H21N3O2. The number of ether oxygens (including phenoxy) is 1. The molecule has 2 heterocycles. The van der Waals surface area contributed by atoms with Crippen LogP contribution in [0.5, 0.6) is 0 Å². The van der Waals surface area contributed by atoms with E-state index in [0.29, 0.717) is 13.1 Å². The second-order valence-electron chi connectivity index (χ2n) is 5.76. The Morgan fingerprint density at radius 2 is 2.06 bits per heavy atom. The summed E-state index contributed by atoms with van der Waals surface area (Å²) in [6, 6.07) is 0. The first-order valence-electron chi connectivity index (χ1n) is 6.27. The first-order chi connectivity index (χ1) is 8.28. The average Bonchev–Trinajstić information content (AvgIpc) is 2.52. The second kappa shape index (κ2) is 4.30. The van der Waals surface area contributed by atoms with Gasteiger partial charge in [0.05, 0.1) is 12.2 Å². The number of fused-ring (bicyclic) bond motifs is 1. The van der Waals surface area contributed by atoms with Crippen molar-refractivity contribution in [3.8, 4) is 0 Å². The fraction of sp³-hybridized carbons (Fsp3) is 0.692. The minimum Gasteiger partial charge on any atom is -0.444 e. The van der Waals surface area contributed by atoms with E-state index in [1.165, 1.54) is 5.69 Å². The Morgan fingerprint density at radius 1 is 1.39 bits per heavy atom. The lowest BCUT2D eigenvalue weighted by atomic mass is 10.1. The number of imidazole rings is 1. The highest BCUT2D eigenvalue weighted by Crippen LogP contribution is 2.20. The van der Waals surface area contributed by atoms with Gasteiger partial charge in [-0.3, -0.25) is 0 Å². The van der Waals surface area contributed by atoms with E-state index < -0.39 is 5.60 Å². The third kappa shape index (κ3) is 2.49. The van der Waals surface area contributed by atoms with E-state index in [2.05, 4.69) is 9.55 Å². The van der Waals surface area contributed by atoms with Crippen LogP contribution in [0.4, 0.5) is 4.79 Å². The van der Waals surface area contributed by atoms with Gasteiger partial charge in [0.25, 0.3) is 0 Å². The summed E-state index contributed by atoms with van der Waals surface area (Å²) < 4.78 is 7.48. The van der Waals surface area contributed by atoms with Crippen molar-refractivity contribution < 1.29 is 9.53 Å². The molecule has 0 fully saturated rings. The van der Waals surface area contributed by atoms with Crippen LogP contribution in [-0.2, 0) is 24.8 Å². The molecule has 1 aromatic heterocycles. The van der Waals surface area contributed by atoms with Gasteiger partial charge in [-0.15, -0.1) is 0 Å². The summed E-state index contributed by atoms with van der Waals surface area (Å²) in [5.74, 6) is 0.992. The molecule has 5 heteroatoms. The van der Waals surface area contributed by atoms with Crippen molar-refractivity contribution in [2.45, 2.75) is 46.3 Å². The van der Waals surface area contributed by atoms with Gasteiger partial charge < -0.3 is 14.2 Å². The third-order valence-corrected chi connectivity index (χ3v) is 3.13. The lowest BCUT2D eigenvalue weighted by molar-refractivity contribution is 0.0220. The number of aryl methyl sites for hydroxylation is 1. The normalized spacial score (nSPS) is 15.5. The molecule has 1 aliphatic heterocycles. The largest absolute Gasteiger partial charge is 0.444 e. The summed E-state index contributed by atoms with van der Waals surface area (Å²) in [6.45, 7) is 8.87. The molecule has 0 saturated carbocycles. The van der Waals surface area contributed by atoms with Crippen molar-refractivity contribution in [3.63, 3.8) is 0 Å². The maximum atomic E-state index is 12.0. The summed E-state index contributed by atoms with van der Waals surface area (Å²) in [6.07, 6.45) is 0.586. The van der Waals surface area contributed by atoms with Gasteiger partial charge in [-0.2, -0.15) is 0 Å².